The van der Waals surface area contributed by atoms with E-state index in [2.05, 4.69) is 0 Å². The van der Waals surface area contributed by atoms with E-state index < -0.39 is 28.2 Å². The van der Waals surface area contributed by atoms with Crippen molar-refractivity contribution in [1.82, 2.24) is 0 Å². The van der Waals surface area contributed by atoms with E-state index in [0.717, 1.165) is 0 Å². The fourth-order valence-corrected chi connectivity index (χ4v) is 1.90. The van der Waals surface area contributed by atoms with E-state index in [1.165, 1.54) is 21.3 Å². The number of methoxy groups -OCH3 is 3. The van der Waals surface area contributed by atoms with Crippen molar-refractivity contribution in [1.29, 1.82) is 5.41 Å². The topological polar surface area (TPSA) is 70.0 Å². The lowest BCUT2D eigenvalue weighted by atomic mass is 10.0. The van der Waals surface area contributed by atoms with Crippen molar-refractivity contribution in [3.8, 4) is 0 Å². The minimum Gasteiger partial charge on any atom is -0.445 e. The number of nitrogens with one attached hydrogen (secondary N) is 1. The summed E-state index contributed by atoms with van der Waals surface area (Å²) in [6.07, 6.45) is -2.26. The molecule has 0 radical (unpaired) electrons. The zero-order valence-electron chi connectivity index (χ0n) is 10.7. The highest BCUT2D eigenvalue weighted by molar-refractivity contribution is 6.76. The number of halogens is 3. The Morgan fingerprint density at radius 3 is 2.11 bits per heavy atom. The van der Waals surface area contributed by atoms with Crippen LogP contribution in [0.3, 0.4) is 0 Å². The summed E-state index contributed by atoms with van der Waals surface area (Å²) in [5, 5.41) is 7.53. The summed E-state index contributed by atoms with van der Waals surface area (Å²) in [5.41, 5.74) is 0. The Bertz CT molecular complexity index is 312. The molecule has 0 aromatic heterocycles. The highest BCUT2D eigenvalue weighted by Gasteiger charge is 2.44. The highest BCUT2D eigenvalue weighted by Crippen LogP contribution is 2.30. The maximum absolute atomic E-state index is 7.53. The Morgan fingerprint density at radius 1 is 1.11 bits per heavy atom. The fourth-order valence-electron chi connectivity index (χ4n) is 1.76. The lowest BCUT2D eigenvalue weighted by molar-refractivity contribution is -0.263. The van der Waals surface area contributed by atoms with Crippen LogP contribution in [-0.4, -0.2) is 62.2 Å². The summed E-state index contributed by atoms with van der Waals surface area (Å²) in [6, 6.07) is 0. The molecule has 4 atom stereocenters. The van der Waals surface area contributed by atoms with Gasteiger partial charge in [0.25, 0.3) is 3.79 Å². The molecule has 1 N–H and O–H groups in total. The molecule has 1 aliphatic rings. The molecule has 0 aliphatic carbocycles. The predicted molar refractivity (Wildman–Crippen MR) is 71.2 cm³/mol. The van der Waals surface area contributed by atoms with Gasteiger partial charge in [-0.25, -0.2) is 0 Å². The molecule has 0 aromatic rings. The Balaban J connectivity index is 2.76. The lowest BCUT2D eigenvalue weighted by Gasteiger charge is -2.40. The van der Waals surface area contributed by atoms with Crippen molar-refractivity contribution < 1.29 is 23.7 Å². The second-order valence-corrected chi connectivity index (χ2v) is 6.10. The normalized spacial score (nSPS) is 32.1. The van der Waals surface area contributed by atoms with Crippen molar-refractivity contribution in [2.45, 2.75) is 28.4 Å². The zero-order valence-corrected chi connectivity index (χ0v) is 13.0. The molecule has 0 saturated carbocycles. The molecule has 1 saturated heterocycles. The number of hydrogen-bond donors (Lipinski definition) is 1. The first-order valence-electron chi connectivity index (χ1n) is 5.37. The summed E-state index contributed by atoms with van der Waals surface area (Å²) in [4.78, 5) is 0. The summed E-state index contributed by atoms with van der Waals surface area (Å²) >= 11 is 16.6. The zero-order chi connectivity index (χ0) is 14.6. The van der Waals surface area contributed by atoms with Gasteiger partial charge in [-0.2, -0.15) is 0 Å². The van der Waals surface area contributed by atoms with Gasteiger partial charge in [-0.1, -0.05) is 34.8 Å². The minimum absolute atomic E-state index is 0.215. The minimum atomic E-state index is -1.96. The molecule has 9 heteroatoms. The molecule has 19 heavy (non-hydrogen) atoms. The van der Waals surface area contributed by atoms with Crippen LogP contribution in [0.15, 0.2) is 0 Å². The van der Waals surface area contributed by atoms with Gasteiger partial charge in [0.2, 0.25) is 12.2 Å². The van der Waals surface area contributed by atoms with Crippen molar-refractivity contribution in [3.63, 3.8) is 0 Å². The molecule has 0 spiro atoms. The Morgan fingerprint density at radius 2 is 1.68 bits per heavy atom. The number of hydrogen-bond acceptors (Lipinski definition) is 6. The van der Waals surface area contributed by atoms with E-state index in [-0.39, 0.29) is 12.7 Å². The van der Waals surface area contributed by atoms with Gasteiger partial charge in [-0.05, 0) is 0 Å². The van der Waals surface area contributed by atoms with Crippen LogP contribution in [0.2, 0.25) is 0 Å². The van der Waals surface area contributed by atoms with Crippen LogP contribution in [-0.2, 0) is 23.7 Å². The molecule has 0 aromatic carbocycles. The van der Waals surface area contributed by atoms with Crippen LogP contribution >= 0.6 is 34.8 Å². The lowest BCUT2D eigenvalue weighted by Crippen LogP contribution is -2.56. The number of rotatable bonds is 4. The van der Waals surface area contributed by atoms with Gasteiger partial charge in [-0.3, -0.25) is 5.41 Å². The standard InChI is InChI=1S/C10H16Cl3NO5/c1-15-5-4-18-8(7(17-3)6(5)16-2)19-9(14)10(11,12)13/h5-8,14H,4H2,1-3H3/t5-,6+,7+,8-/m0/s1. The average Bonchev–Trinajstić information content (AvgIpc) is 2.36. The monoisotopic (exact) mass is 335 g/mol. The Labute approximate surface area is 126 Å². The van der Waals surface area contributed by atoms with Crippen LogP contribution in [0.5, 0.6) is 0 Å². The van der Waals surface area contributed by atoms with Gasteiger partial charge < -0.3 is 23.7 Å². The largest absolute Gasteiger partial charge is 0.445 e. The molecule has 1 heterocycles. The first kappa shape index (κ1) is 17.2. The molecule has 0 unspecified atom stereocenters. The van der Waals surface area contributed by atoms with Crippen LogP contribution in [0.25, 0.3) is 0 Å². The Kier molecular flexibility index (Phi) is 6.59. The maximum Gasteiger partial charge on any atom is 0.265 e. The van der Waals surface area contributed by atoms with Crippen molar-refractivity contribution in [3.05, 3.63) is 0 Å². The number of ether oxygens (including phenoxy) is 5. The fraction of sp³-hybridized carbons (Fsp3) is 0.900. The molecule has 6 nitrogen and oxygen atoms in total. The van der Waals surface area contributed by atoms with Gasteiger partial charge in [0.15, 0.2) is 0 Å². The van der Waals surface area contributed by atoms with E-state index in [1.807, 2.05) is 0 Å². The summed E-state index contributed by atoms with van der Waals surface area (Å²) in [6.45, 7) is 0.215. The number of alkyl halides is 3. The summed E-state index contributed by atoms with van der Waals surface area (Å²) in [5.74, 6) is -0.546. The third-order valence-electron chi connectivity index (χ3n) is 2.72. The first-order valence-corrected chi connectivity index (χ1v) is 6.51. The molecular formula is C10H16Cl3NO5. The molecule has 0 amide bonds. The molecule has 0 bridgehead atoms. The quantitative estimate of drug-likeness (QED) is 0.481. The molecule has 112 valence electrons. The van der Waals surface area contributed by atoms with Gasteiger partial charge in [-0.15, -0.1) is 0 Å². The van der Waals surface area contributed by atoms with Crippen LogP contribution in [0.4, 0.5) is 0 Å². The third kappa shape index (κ3) is 4.32. The maximum atomic E-state index is 7.53. The van der Waals surface area contributed by atoms with Gasteiger partial charge in [0.05, 0.1) is 6.61 Å². The van der Waals surface area contributed by atoms with Gasteiger partial charge in [0.1, 0.15) is 18.3 Å². The van der Waals surface area contributed by atoms with E-state index in [9.17, 15) is 0 Å². The average molecular weight is 337 g/mol. The van der Waals surface area contributed by atoms with E-state index in [0.29, 0.717) is 0 Å². The molecule has 1 rings (SSSR count). The van der Waals surface area contributed by atoms with Crippen LogP contribution in [0.1, 0.15) is 0 Å². The second-order valence-electron chi connectivity index (χ2n) is 3.82. The van der Waals surface area contributed by atoms with Crippen molar-refractivity contribution in [2.75, 3.05) is 27.9 Å². The first-order chi connectivity index (χ1) is 8.85. The van der Waals surface area contributed by atoms with E-state index in [4.69, 9.17) is 63.9 Å². The highest BCUT2D eigenvalue weighted by atomic mass is 35.6. The SMILES string of the molecule is CO[C@H]1[C@H](OC(=N)C(Cl)(Cl)Cl)OC[C@H](OC)[C@H]1OC. The third-order valence-corrected chi connectivity index (χ3v) is 3.24. The van der Waals surface area contributed by atoms with Crippen LogP contribution in [0, 0.1) is 5.41 Å². The van der Waals surface area contributed by atoms with Crippen molar-refractivity contribution in [2.24, 2.45) is 0 Å². The van der Waals surface area contributed by atoms with Gasteiger partial charge >= 0.3 is 0 Å². The van der Waals surface area contributed by atoms with E-state index in [1.54, 1.807) is 0 Å². The summed E-state index contributed by atoms with van der Waals surface area (Å²) < 4.78 is 24.5. The Hall–Kier alpha value is 0.180. The molecule has 1 fully saturated rings. The van der Waals surface area contributed by atoms with Crippen LogP contribution < -0.4 is 0 Å². The van der Waals surface area contributed by atoms with Crippen molar-refractivity contribution >= 4 is 40.7 Å². The molecular weight excluding hydrogens is 320 g/mol. The summed E-state index contributed by atoms with van der Waals surface area (Å²) in [7, 11) is 4.52. The van der Waals surface area contributed by atoms with E-state index >= 15 is 0 Å². The molecule has 1 aliphatic heterocycles. The second kappa shape index (κ2) is 7.26. The smallest absolute Gasteiger partial charge is 0.265 e. The predicted octanol–water partition coefficient (Wildman–Crippen LogP) is 1.75. The van der Waals surface area contributed by atoms with Gasteiger partial charge in [0, 0.05) is 21.3 Å².